The van der Waals surface area contributed by atoms with Gasteiger partial charge in [-0.1, -0.05) is 47.8 Å². The van der Waals surface area contributed by atoms with Crippen molar-refractivity contribution in [1.29, 1.82) is 0 Å². The molecule has 0 radical (unpaired) electrons. The van der Waals surface area contributed by atoms with Gasteiger partial charge >= 0.3 is 12.4 Å². The van der Waals surface area contributed by atoms with Crippen molar-refractivity contribution in [2.24, 2.45) is 22.7 Å². The van der Waals surface area contributed by atoms with Gasteiger partial charge in [0.05, 0.1) is 18.1 Å². The second kappa shape index (κ2) is 8.92. The van der Waals surface area contributed by atoms with E-state index >= 15 is 0 Å². The van der Waals surface area contributed by atoms with Gasteiger partial charge in [-0.3, -0.25) is 0 Å². The molecule has 0 amide bonds. The van der Waals surface area contributed by atoms with Crippen molar-refractivity contribution in [1.82, 2.24) is 0 Å². The fraction of sp³-hybridized carbons (Fsp3) is 0.704. The Hall–Kier alpha value is -1.76. The van der Waals surface area contributed by atoms with Crippen molar-refractivity contribution in [3.05, 3.63) is 34.9 Å². The van der Waals surface area contributed by atoms with Crippen molar-refractivity contribution in [3.63, 3.8) is 0 Å². The smallest absolute Gasteiger partial charge is 0.393 e. The summed E-state index contributed by atoms with van der Waals surface area (Å²) in [4.78, 5) is 0. The van der Waals surface area contributed by atoms with Crippen LogP contribution in [-0.2, 0) is 0 Å². The average molecular weight is 519 g/mol. The zero-order valence-corrected chi connectivity index (χ0v) is 20.1. The van der Waals surface area contributed by atoms with Gasteiger partial charge in [0.15, 0.2) is 0 Å². The van der Waals surface area contributed by atoms with E-state index in [0.29, 0.717) is 44.1 Å². The van der Waals surface area contributed by atoms with E-state index in [9.17, 15) is 41.7 Å². The van der Waals surface area contributed by atoms with E-state index < -0.39 is 46.9 Å². The highest BCUT2D eigenvalue weighted by Crippen LogP contribution is 2.71. The van der Waals surface area contributed by atoms with Gasteiger partial charge in [0, 0.05) is 5.41 Å². The lowest BCUT2D eigenvalue weighted by atomic mass is 9.58. The van der Waals surface area contributed by atoms with Crippen molar-refractivity contribution in [2.75, 3.05) is 0 Å². The summed E-state index contributed by atoms with van der Waals surface area (Å²) < 4.78 is 82.6. The normalized spacial score (nSPS) is 34.6. The number of rotatable bonds is 4. The maximum atomic E-state index is 13.8. The summed E-state index contributed by atoms with van der Waals surface area (Å²) in [5.74, 6) is -0.844. The van der Waals surface area contributed by atoms with Crippen LogP contribution in [-0.4, -0.2) is 45.5 Å². The quantitative estimate of drug-likeness (QED) is 0.252. The molecular weight excluding hydrogens is 486 g/mol. The van der Waals surface area contributed by atoms with Crippen LogP contribution in [0.1, 0.15) is 64.7 Å². The van der Waals surface area contributed by atoms with Crippen LogP contribution < -0.4 is 0 Å². The molecule has 9 heteroatoms. The fourth-order valence-corrected chi connectivity index (χ4v) is 7.14. The largest absolute Gasteiger partial charge is 0.427 e. The first-order valence-corrected chi connectivity index (χ1v) is 12.4. The Bertz CT molecular complexity index is 984. The minimum absolute atomic E-state index is 0.0589. The minimum atomic E-state index is -5.98. The Kier molecular flexibility index (Phi) is 6.76. The zero-order valence-electron chi connectivity index (χ0n) is 20.1. The van der Waals surface area contributed by atoms with Gasteiger partial charge in [0.1, 0.15) is 0 Å². The molecule has 0 aromatic rings. The SMILES string of the molecule is C#CC(C1(C2=CC[C@H]3/C(=C/C=C4C[C@@H](O)C[C@H](O)C4)CCC[C@]23C)CC1)C(O)(C(F)(F)F)C(F)(F)F. The third-order valence-corrected chi connectivity index (χ3v) is 8.95. The predicted molar refractivity (Wildman–Crippen MR) is 121 cm³/mol. The average Bonchev–Trinajstić information content (AvgIpc) is 3.44. The van der Waals surface area contributed by atoms with Crippen molar-refractivity contribution >= 4 is 0 Å². The Morgan fingerprint density at radius 2 is 1.61 bits per heavy atom. The number of halogens is 6. The lowest BCUT2D eigenvalue weighted by Crippen LogP contribution is -2.63. The number of aliphatic hydroxyl groups excluding tert-OH is 2. The topological polar surface area (TPSA) is 60.7 Å². The van der Waals surface area contributed by atoms with E-state index in [-0.39, 0.29) is 18.8 Å². The van der Waals surface area contributed by atoms with Gasteiger partial charge < -0.3 is 15.3 Å². The van der Waals surface area contributed by atoms with Gasteiger partial charge in [-0.15, -0.1) is 6.42 Å². The Morgan fingerprint density at radius 3 is 2.11 bits per heavy atom. The van der Waals surface area contributed by atoms with E-state index in [2.05, 4.69) is 0 Å². The summed E-state index contributed by atoms with van der Waals surface area (Å²) in [6.07, 6.45) is 1.61. The monoisotopic (exact) mass is 518 g/mol. The molecule has 3 fully saturated rings. The molecule has 0 aliphatic heterocycles. The Labute approximate surface area is 207 Å². The van der Waals surface area contributed by atoms with Gasteiger partial charge in [-0.05, 0) is 69.1 Å². The van der Waals surface area contributed by atoms with Gasteiger partial charge in [0.25, 0.3) is 5.60 Å². The van der Waals surface area contributed by atoms with Crippen LogP contribution in [0.15, 0.2) is 34.9 Å². The Balaban J connectivity index is 1.67. The fourth-order valence-electron chi connectivity index (χ4n) is 7.14. The summed E-state index contributed by atoms with van der Waals surface area (Å²) in [7, 11) is 0. The highest BCUT2D eigenvalue weighted by Gasteiger charge is 2.79. The molecule has 3 nitrogen and oxygen atoms in total. The van der Waals surface area contributed by atoms with Crippen LogP contribution >= 0.6 is 0 Å². The van der Waals surface area contributed by atoms with E-state index in [0.717, 1.165) is 17.6 Å². The van der Waals surface area contributed by atoms with Crippen LogP contribution in [0.4, 0.5) is 26.3 Å². The number of alkyl halides is 6. The molecule has 4 rings (SSSR count). The zero-order chi connectivity index (χ0) is 26.7. The molecule has 4 aliphatic carbocycles. The first-order valence-electron chi connectivity index (χ1n) is 12.4. The van der Waals surface area contributed by atoms with E-state index in [1.807, 2.05) is 19.1 Å². The molecule has 36 heavy (non-hydrogen) atoms. The van der Waals surface area contributed by atoms with Gasteiger partial charge in [0.2, 0.25) is 0 Å². The van der Waals surface area contributed by atoms with Gasteiger partial charge in [-0.25, -0.2) is 0 Å². The molecule has 0 spiro atoms. The molecule has 3 N–H and O–H groups in total. The number of terminal acetylenes is 1. The standard InChI is InChI=1S/C27H32F6O3/c1-3-21(25(36,26(28,29)30)27(31,32)33)24(11-12-24)22-9-8-20-17(5-4-10-23(20,22)2)7-6-16-13-18(34)15-19(35)14-16/h1,6-7,9,18-21,34-36H,4-5,8,10-15H2,2H3/b17-7+/t18-,19-,20+,21?,23+/m1/s1. The third kappa shape index (κ3) is 4.23. The summed E-state index contributed by atoms with van der Waals surface area (Å²) in [6, 6.07) is 0. The number of hydrogen-bond acceptors (Lipinski definition) is 3. The van der Waals surface area contributed by atoms with Crippen LogP contribution in [0.3, 0.4) is 0 Å². The maximum Gasteiger partial charge on any atom is 0.427 e. The molecule has 0 aromatic carbocycles. The molecule has 0 bridgehead atoms. The minimum Gasteiger partial charge on any atom is -0.393 e. The van der Waals surface area contributed by atoms with E-state index in [1.54, 1.807) is 12.0 Å². The molecule has 3 saturated carbocycles. The summed E-state index contributed by atoms with van der Waals surface area (Å²) in [6.45, 7) is 1.89. The number of fused-ring (bicyclic) bond motifs is 1. The molecule has 0 heterocycles. The van der Waals surface area contributed by atoms with Crippen molar-refractivity contribution in [3.8, 4) is 12.3 Å². The summed E-state index contributed by atoms with van der Waals surface area (Å²) in [5, 5.41) is 30.1. The second-order valence-electron chi connectivity index (χ2n) is 11.2. The maximum absolute atomic E-state index is 13.8. The second-order valence-corrected chi connectivity index (χ2v) is 11.2. The molecule has 4 aliphatic rings. The van der Waals surface area contributed by atoms with Crippen molar-refractivity contribution in [2.45, 2.75) is 94.9 Å². The van der Waals surface area contributed by atoms with Crippen molar-refractivity contribution < 1.29 is 41.7 Å². The van der Waals surface area contributed by atoms with Crippen LogP contribution in [0.5, 0.6) is 0 Å². The lowest BCUT2D eigenvalue weighted by Gasteiger charge is -2.47. The lowest BCUT2D eigenvalue weighted by molar-refractivity contribution is -0.383. The number of allylic oxidation sites excluding steroid dienone is 5. The molecule has 1 unspecified atom stereocenters. The molecular formula is C27H32F6O3. The summed E-state index contributed by atoms with van der Waals surface area (Å²) in [5.41, 5.74) is -4.77. The van der Waals surface area contributed by atoms with E-state index in [4.69, 9.17) is 6.42 Å². The predicted octanol–water partition coefficient (Wildman–Crippen LogP) is 5.77. The first-order chi connectivity index (χ1) is 16.6. The number of aliphatic hydroxyl groups is 3. The molecule has 0 aromatic heterocycles. The van der Waals surface area contributed by atoms with Crippen LogP contribution in [0.25, 0.3) is 0 Å². The summed E-state index contributed by atoms with van der Waals surface area (Å²) >= 11 is 0. The number of hydrogen-bond donors (Lipinski definition) is 3. The molecule has 200 valence electrons. The molecule has 0 saturated heterocycles. The van der Waals surface area contributed by atoms with Gasteiger partial charge in [-0.2, -0.15) is 26.3 Å². The van der Waals surface area contributed by atoms with Crippen LogP contribution in [0, 0.1) is 35.0 Å². The van der Waals surface area contributed by atoms with E-state index in [1.165, 1.54) is 0 Å². The molecule has 5 atom stereocenters. The highest BCUT2D eigenvalue weighted by molar-refractivity contribution is 5.43. The Morgan fingerprint density at radius 1 is 1.03 bits per heavy atom. The highest BCUT2D eigenvalue weighted by atomic mass is 19.4. The first kappa shape index (κ1) is 27.3. The third-order valence-electron chi connectivity index (χ3n) is 8.95. The van der Waals surface area contributed by atoms with Crippen LogP contribution in [0.2, 0.25) is 0 Å².